The fourth-order valence-electron chi connectivity index (χ4n) is 3.93. The summed E-state index contributed by atoms with van der Waals surface area (Å²) >= 11 is 0. The molecule has 3 rings (SSSR count). The van der Waals surface area contributed by atoms with Gasteiger partial charge >= 0.3 is 5.97 Å². The molecule has 0 spiro atoms. The van der Waals surface area contributed by atoms with Crippen molar-refractivity contribution in [3.05, 3.63) is 39.9 Å². The van der Waals surface area contributed by atoms with Gasteiger partial charge in [0.1, 0.15) is 6.04 Å². The van der Waals surface area contributed by atoms with Crippen molar-refractivity contribution in [2.45, 2.75) is 31.7 Å². The van der Waals surface area contributed by atoms with E-state index in [4.69, 9.17) is 0 Å². The van der Waals surface area contributed by atoms with Crippen LogP contribution in [-0.2, 0) is 16.0 Å². The molecule has 0 radical (unpaired) electrons. The van der Waals surface area contributed by atoms with Gasteiger partial charge in [0.05, 0.1) is 11.3 Å². The Morgan fingerprint density at radius 1 is 1.35 bits per heavy atom. The van der Waals surface area contributed by atoms with Crippen LogP contribution in [-0.4, -0.2) is 39.4 Å². The summed E-state index contributed by atoms with van der Waals surface area (Å²) in [4.78, 5) is 35.9. The molecule has 7 nitrogen and oxygen atoms in total. The smallest absolute Gasteiger partial charge is 0.326 e. The van der Waals surface area contributed by atoms with Crippen molar-refractivity contribution >= 4 is 17.6 Å². The molecule has 1 aromatic rings. The maximum Gasteiger partial charge on any atom is 0.326 e. The third-order valence-electron chi connectivity index (χ3n) is 4.94. The lowest BCUT2D eigenvalue weighted by atomic mass is 9.94. The molecule has 2 fully saturated rings. The first kappa shape index (κ1) is 15.5. The second kappa shape index (κ2) is 5.98. The number of carboxylic acids is 1. The van der Waals surface area contributed by atoms with Gasteiger partial charge in [0, 0.05) is 18.7 Å². The highest BCUT2D eigenvalue weighted by Gasteiger charge is 2.49. The lowest BCUT2D eigenvalue weighted by molar-refractivity contribution is -0.384. The maximum absolute atomic E-state index is 12.5. The number of carboxylic acid groups (broad SMARTS) is 1. The average molecular weight is 318 g/mol. The van der Waals surface area contributed by atoms with Gasteiger partial charge in [0.2, 0.25) is 5.91 Å². The van der Waals surface area contributed by atoms with Crippen molar-refractivity contribution in [1.29, 1.82) is 0 Å². The zero-order valence-corrected chi connectivity index (χ0v) is 12.6. The lowest BCUT2D eigenvalue weighted by Gasteiger charge is -2.24. The summed E-state index contributed by atoms with van der Waals surface area (Å²) < 4.78 is 0. The quantitative estimate of drug-likeness (QED) is 0.674. The number of amides is 1. The molecule has 1 amide bonds. The number of hydrogen-bond donors (Lipinski definition) is 1. The Morgan fingerprint density at radius 3 is 2.83 bits per heavy atom. The molecule has 7 heteroatoms. The highest BCUT2D eigenvalue weighted by atomic mass is 16.6. The van der Waals surface area contributed by atoms with Crippen LogP contribution in [0.2, 0.25) is 0 Å². The Bertz CT molecular complexity index is 660. The number of non-ortho nitro benzene ring substituents is 1. The molecule has 1 aromatic carbocycles. The summed E-state index contributed by atoms with van der Waals surface area (Å²) in [6.45, 7) is 0.482. The minimum absolute atomic E-state index is 0.00903. The van der Waals surface area contributed by atoms with Crippen LogP contribution in [0.3, 0.4) is 0 Å². The first-order valence-electron chi connectivity index (χ1n) is 7.73. The predicted octanol–water partition coefficient (Wildman–Crippen LogP) is 1.85. The van der Waals surface area contributed by atoms with Crippen LogP contribution in [0.15, 0.2) is 24.3 Å². The van der Waals surface area contributed by atoms with E-state index < -0.39 is 16.9 Å². The standard InChI is InChI=1S/C16H18N2O5/c19-14(8-10-3-1-5-12(7-10)18(22)23)17-9-11-4-2-6-13(11)15(17)16(20)21/h1,3,5,7,11,13,15H,2,4,6,8-9H2,(H,20,21). The van der Waals surface area contributed by atoms with E-state index >= 15 is 0 Å². The third kappa shape index (κ3) is 2.91. The minimum atomic E-state index is -0.952. The molecule has 1 aliphatic carbocycles. The van der Waals surface area contributed by atoms with Crippen molar-refractivity contribution < 1.29 is 19.6 Å². The van der Waals surface area contributed by atoms with Crippen LogP contribution in [0.1, 0.15) is 24.8 Å². The molecule has 1 saturated carbocycles. The number of rotatable bonds is 4. The van der Waals surface area contributed by atoms with Gasteiger partial charge in [0.15, 0.2) is 0 Å². The zero-order valence-electron chi connectivity index (χ0n) is 12.6. The van der Waals surface area contributed by atoms with Crippen LogP contribution < -0.4 is 0 Å². The van der Waals surface area contributed by atoms with Crippen LogP contribution in [0.25, 0.3) is 0 Å². The van der Waals surface area contributed by atoms with E-state index in [1.165, 1.54) is 23.1 Å². The molecular formula is C16H18N2O5. The molecule has 23 heavy (non-hydrogen) atoms. The summed E-state index contributed by atoms with van der Waals surface area (Å²) in [5.41, 5.74) is 0.466. The number of benzene rings is 1. The summed E-state index contributed by atoms with van der Waals surface area (Å²) in [7, 11) is 0. The molecule has 3 atom stereocenters. The van der Waals surface area contributed by atoms with Gasteiger partial charge in [0.25, 0.3) is 5.69 Å². The average Bonchev–Trinajstić information content (AvgIpc) is 3.07. The first-order valence-corrected chi connectivity index (χ1v) is 7.73. The molecule has 1 aliphatic heterocycles. The first-order chi connectivity index (χ1) is 11.0. The number of hydrogen-bond acceptors (Lipinski definition) is 4. The van der Waals surface area contributed by atoms with Gasteiger partial charge in [-0.25, -0.2) is 4.79 Å². The molecule has 1 saturated heterocycles. The van der Waals surface area contributed by atoms with Crippen molar-refractivity contribution in [2.24, 2.45) is 11.8 Å². The fraction of sp³-hybridized carbons (Fsp3) is 0.500. The highest BCUT2D eigenvalue weighted by molar-refractivity contribution is 5.86. The highest BCUT2D eigenvalue weighted by Crippen LogP contribution is 2.42. The van der Waals surface area contributed by atoms with E-state index in [1.807, 2.05) is 0 Å². The monoisotopic (exact) mass is 318 g/mol. The van der Waals surface area contributed by atoms with Gasteiger partial charge in [-0.15, -0.1) is 0 Å². The topological polar surface area (TPSA) is 101 Å². The molecule has 1 heterocycles. The Kier molecular flexibility index (Phi) is 4.02. The van der Waals surface area contributed by atoms with Crippen molar-refractivity contribution in [3.8, 4) is 0 Å². The number of likely N-dealkylation sites (tertiary alicyclic amines) is 1. The second-order valence-corrected chi connectivity index (χ2v) is 6.29. The summed E-state index contributed by atoms with van der Waals surface area (Å²) in [5.74, 6) is -0.911. The van der Waals surface area contributed by atoms with Crippen LogP contribution >= 0.6 is 0 Å². The van der Waals surface area contributed by atoms with Gasteiger partial charge in [-0.05, 0) is 30.2 Å². The van der Waals surface area contributed by atoms with E-state index in [0.717, 1.165) is 19.3 Å². The number of fused-ring (bicyclic) bond motifs is 1. The maximum atomic E-state index is 12.5. The van der Waals surface area contributed by atoms with Gasteiger partial charge < -0.3 is 10.0 Å². The van der Waals surface area contributed by atoms with Gasteiger partial charge in [-0.1, -0.05) is 18.6 Å². The van der Waals surface area contributed by atoms with Crippen LogP contribution in [0, 0.1) is 22.0 Å². The number of nitro groups is 1. The normalized spacial score (nSPS) is 26.1. The number of nitrogens with zero attached hydrogens (tertiary/aromatic N) is 2. The van der Waals surface area contributed by atoms with E-state index in [-0.39, 0.29) is 29.9 Å². The number of nitro benzene ring substituents is 1. The van der Waals surface area contributed by atoms with Crippen molar-refractivity contribution in [3.63, 3.8) is 0 Å². The molecule has 0 aromatic heterocycles. The van der Waals surface area contributed by atoms with Gasteiger partial charge in [-0.3, -0.25) is 14.9 Å². The second-order valence-electron chi connectivity index (χ2n) is 6.29. The van der Waals surface area contributed by atoms with Crippen LogP contribution in [0.5, 0.6) is 0 Å². The van der Waals surface area contributed by atoms with Gasteiger partial charge in [-0.2, -0.15) is 0 Å². The van der Waals surface area contributed by atoms with Crippen molar-refractivity contribution in [1.82, 2.24) is 4.90 Å². The summed E-state index contributed by atoms with van der Waals surface area (Å²) in [6, 6.07) is 5.17. The molecule has 122 valence electrons. The van der Waals surface area contributed by atoms with Crippen LogP contribution in [0.4, 0.5) is 5.69 Å². The molecule has 1 N–H and O–H groups in total. The summed E-state index contributed by atoms with van der Waals surface area (Å²) in [6.07, 6.45) is 2.83. The molecule has 2 aliphatic rings. The molecule has 3 unspecified atom stereocenters. The SMILES string of the molecule is O=C(O)C1C2CCCC2CN1C(=O)Cc1cccc([N+](=O)[O-])c1. The van der Waals surface area contributed by atoms with E-state index in [9.17, 15) is 24.8 Å². The Balaban J connectivity index is 1.76. The molecule has 0 bridgehead atoms. The van der Waals surface area contributed by atoms with Crippen molar-refractivity contribution in [2.75, 3.05) is 6.54 Å². The summed E-state index contributed by atoms with van der Waals surface area (Å²) in [5, 5.41) is 20.3. The Hall–Kier alpha value is -2.44. The molecular weight excluding hydrogens is 300 g/mol. The fourth-order valence-corrected chi connectivity index (χ4v) is 3.93. The largest absolute Gasteiger partial charge is 0.480 e. The minimum Gasteiger partial charge on any atom is -0.480 e. The van der Waals surface area contributed by atoms with E-state index in [0.29, 0.717) is 12.1 Å². The third-order valence-corrected chi connectivity index (χ3v) is 4.94. The zero-order chi connectivity index (χ0) is 16.6. The Labute approximate surface area is 133 Å². The lowest BCUT2D eigenvalue weighted by Crippen LogP contribution is -2.43. The number of carbonyl (C=O) groups is 2. The number of aliphatic carboxylic acids is 1. The Morgan fingerprint density at radius 2 is 2.13 bits per heavy atom. The predicted molar refractivity (Wildman–Crippen MR) is 80.8 cm³/mol. The number of carbonyl (C=O) groups excluding carboxylic acids is 1. The van der Waals surface area contributed by atoms with E-state index in [2.05, 4.69) is 0 Å². The van der Waals surface area contributed by atoms with E-state index in [1.54, 1.807) is 6.07 Å².